The number of amides is 1. The Hall–Kier alpha value is -1.76. The Morgan fingerprint density at radius 1 is 1.45 bits per heavy atom. The first kappa shape index (κ1) is 14.6. The summed E-state index contributed by atoms with van der Waals surface area (Å²) < 4.78 is 43.7. The molecule has 1 saturated heterocycles. The van der Waals surface area contributed by atoms with E-state index in [0.29, 0.717) is 19.5 Å². The molecule has 1 aromatic rings. The molecule has 20 heavy (non-hydrogen) atoms. The maximum atomic E-state index is 13.0. The lowest BCUT2D eigenvalue weighted by Gasteiger charge is -2.16. The van der Waals surface area contributed by atoms with Crippen LogP contribution < -0.4 is 15.4 Å². The van der Waals surface area contributed by atoms with Crippen molar-refractivity contribution < 1.29 is 22.7 Å². The first-order chi connectivity index (χ1) is 9.41. The number of hydrogen-bond acceptors (Lipinski definition) is 3. The molecule has 110 valence electrons. The van der Waals surface area contributed by atoms with E-state index in [0.717, 1.165) is 6.07 Å². The molecule has 0 bridgehead atoms. The Morgan fingerprint density at radius 3 is 2.75 bits per heavy atom. The number of rotatable bonds is 3. The van der Waals surface area contributed by atoms with Gasteiger partial charge >= 0.3 is 6.18 Å². The standard InChI is InChI=1S/C13H15F3N2O2/c1-20-9-2-3-11(10(6-9)13(14,15)16)18-12(19)8-4-5-17-7-8/h2-3,6,8,17H,4-5,7H2,1H3,(H,18,19). The van der Waals surface area contributed by atoms with Gasteiger partial charge < -0.3 is 15.4 Å². The lowest BCUT2D eigenvalue weighted by atomic mass is 10.1. The summed E-state index contributed by atoms with van der Waals surface area (Å²) in [6, 6.07) is 3.47. The van der Waals surface area contributed by atoms with E-state index >= 15 is 0 Å². The molecule has 0 spiro atoms. The van der Waals surface area contributed by atoms with Gasteiger partial charge in [0.05, 0.1) is 24.3 Å². The number of methoxy groups -OCH3 is 1. The third-order valence-corrected chi connectivity index (χ3v) is 3.22. The summed E-state index contributed by atoms with van der Waals surface area (Å²) in [6.07, 6.45) is -3.92. The highest BCUT2D eigenvalue weighted by atomic mass is 19.4. The monoisotopic (exact) mass is 288 g/mol. The topological polar surface area (TPSA) is 50.4 Å². The van der Waals surface area contributed by atoms with Gasteiger partial charge in [0.1, 0.15) is 5.75 Å². The van der Waals surface area contributed by atoms with Gasteiger partial charge in [-0.2, -0.15) is 13.2 Å². The van der Waals surface area contributed by atoms with E-state index in [2.05, 4.69) is 10.6 Å². The van der Waals surface area contributed by atoms with E-state index < -0.39 is 17.6 Å². The zero-order chi connectivity index (χ0) is 14.8. The van der Waals surface area contributed by atoms with Crippen molar-refractivity contribution in [1.82, 2.24) is 5.32 Å². The number of halogens is 3. The average Bonchev–Trinajstić information content (AvgIpc) is 2.91. The number of alkyl halides is 3. The molecule has 1 heterocycles. The summed E-state index contributed by atoms with van der Waals surface area (Å²) in [7, 11) is 1.29. The minimum absolute atomic E-state index is 0.0952. The van der Waals surface area contributed by atoms with E-state index in [1.807, 2.05) is 0 Å². The van der Waals surface area contributed by atoms with Gasteiger partial charge in [-0.25, -0.2) is 0 Å². The molecule has 1 aromatic carbocycles. The van der Waals surface area contributed by atoms with Crippen molar-refractivity contribution in [3.8, 4) is 5.75 Å². The maximum Gasteiger partial charge on any atom is 0.418 e. The Labute approximate surface area is 114 Å². The van der Waals surface area contributed by atoms with E-state index in [1.165, 1.54) is 19.2 Å². The highest BCUT2D eigenvalue weighted by Crippen LogP contribution is 2.37. The second-order valence-electron chi connectivity index (χ2n) is 4.59. The Bertz CT molecular complexity index is 497. The van der Waals surface area contributed by atoms with Gasteiger partial charge in [-0.1, -0.05) is 0 Å². The first-order valence-corrected chi connectivity index (χ1v) is 6.18. The summed E-state index contributed by atoms with van der Waals surface area (Å²) in [5.74, 6) is -0.596. The van der Waals surface area contributed by atoms with Crippen molar-refractivity contribution in [2.45, 2.75) is 12.6 Å². The number of carbonyl (C=O) groups excluding carboxylic acids is 1. The third kappa shape index (κ3) is 3.22. The van der Waals surface area contributed by atoms with Crippen LogP contribution in [0, 0.1) is 5.92 Å². The lowest BCUT2D eigenvalue weighted by molar-refractivity contribution is -0.137. The predicted molar refractivity (Wildman–Crippen MR) is 67.6 cm³/mol. The lowest BCUT2D eigenvalue weighted by Crippen LogP contribution is -2.26. The van der Waals surface area contributed by atoms with Crippen LogP contribution >= 0.6 is 0 Å². The molecule has 0 aromatic heterocycles. The van der Waals surface area contributed by atoms with E-state index in [1.54, 1.807) is 0 Å². The van der Waals surface area contributed by atoms with Gasteiger partial charge in [-0.15, -0.1) is 0 Å². The minimum Gasteiger partial charge on any atom is -0.497 e. The van der Waals surface area contributed by atoms with E-state index in [-0.39, 0.29) is 17.4 Å². The molecule has 0 aliphatic carbocycles. The zero-order valence-corrected chi connectivity index (χ0v) is 10.9. The highest BCUT2D eigenvalue weighted by Gasteiger charge is 2.35. The Morgan fingerprint density at radius 2 is 2.20 bits per heavy atom. The van der Waals surface area contributed by atoms with Gasteiger partial charge in [0.25, 0.3) is 0 Å². The molecule has 2 rings (SSSR count). The summed E-state index contributed by atoms with van der Waals surface area (Å²) >= 11 is 0. The fraction of sp³-hybridized carbons (Fsp3) is 0.462. The molecule has 1 atom stereocenters. The van der Waals surface area contributed by atoms with E-state index in [4.69, 9.17) is 4.74 Å². The van der Waals surface area contributed by atoms with Gasteiger partial charge in [0.15, 0.2) is 0 Å². The number of hydrogen-bond donors (Lipinski definition) is 2. The molecule has 1 fully saturated rings. The second-order valence-corrected chi connectivity index (χ2v) is 4.59. The van der Waals surface area contributed by atoms with Crippen LogP contribution in [0.25, 0.3) is 0 Å². The van der Waals surface area contributed by atoms with Crippen LogP contribution in [0.15, 0.2) is 18.2 Å². The third-order valence-electron chi connectivity index (χ3n) is 3.22. The van der Waals surface area contributed by atoms with Crippen molar-refractivity contribution in [2.24, 2.45) is 5.92 Å². The number of ether oxygens (including phenoxy) is 1. The average molecular weight is 288 g/mol. The van der Waals surface area contributed by atoms with Crippen molar-refractivity contribution >= 4 is 11.6 Å². The van der Waals surface area contributed by atoms with Crippen LogP contribution in [0.1, 0.15) is 12.0 Å². The van der Waals surface area contributed by atoms with Gasteiger partial charge in [0, 0.05) is 6.54 Å². The molecule has 1 unspecified atom stereocenters. The fourth-order valence-electron chi connectivity index (χ4n) is 2.11. The normalized spacial score (nSPS) is 18.9. The van der Waals surface area contributed by atoms with Crippen LogP contribution in [0.2, 0.25) is 0 Å². The number of benzene rings is 1. The molecule has 1 aliphatic heterocycles. The van der Waals surface area contributed by atoms with Crippen LogP contribution in [0.5, 0.6) is 5.75 Å². The number of carbonyl (C=O) groups is 1. The molecular formula is C13H15F3N2O2. The molecule has 2 N–H and O–H groups in total. The van der Waals surface area contributed by atoms with Crippen LogP contribution in [-0.4, -0.2) is 26.1 Å². The molecule has 1 aliphatic rings. The van der Waals surface area contributed by atoms with Crippen molar-refractivity contribution in [1.29, 1.82) is 0 Å². The molecule has 7 heteroatoms. The summed E-state index contributed by atoms with van der Waals surface area (Å²) in [6.45, 7) is 1.19. The minimum atomic E-state index is -4.55. The molecule has 0 saturated carbocycles. The first-order valence-electron chi connectivity index (χ1n) is 6.18. The SMILES string of the molecule is COc1ccc(NC(=O)C2CCNC2)c(C(F)(F)F)c1. The molecular weight excluding hydrogens is 273 g/mol. The summed E-state index contributed by atoms with van der Waals surface area (Å²) in [5.41, 5.74) is -1.15. The second kappa shape index (κ2) is 5.70. The van der Waals surface area contributed by atoms with Gasteiger partial charge in [-0.3, -0.25) is 4.79 Å². The molecule has 0 radical (unpaired) electrons. The summed E-state index contributed by atoms with van der Waals surface area (Å²) in [4.78, 5) is 11.9. The van der Waals surface area contributed by atoms with Crippen LogP contribution in [0.4, 0.5) is 18.9 Å². The highest BCUT2D eigenvalue weighted by molar-refractivity contribution is 5.93. The van der Waals surface area contributed by atoms with E-state index in [9.17, 15) is 18.0 Å². The summed E-state index contributed by atoms with van der Waals surface area (Å²) in [5, 5.41) is 5.35. The quantitative estimate of drug-likeness (QED) is 0.897. The van der Waals surface area contributed by atoms with Crippen LogP contribution in [-0.2, 0) is 11.0 Å². The Kier molecular flexibility index (Phi) is 4.17. The van der Waals surface area contributed by atoms with Crippen molar-refractivity contribution in [3.63, 3.8) is 0 Å². The zero-order valence-electron chi connectivity index (χ0n) is 10.9. The molecule has 4 nitrogen and oxygen atoms in total. The van der Waals surface area contributed by atoms with Gasteiger partial charge in [0.2, 0.25) is 5.91 Å². The number of anilines is 1. The predicted octanol–water partition coefficient (Wildman–Crippen LogP) is 2.26. The van der Waals surface area contributed by atoms with Crippen molar-refractivity contribution in [2.75, 3.05) is 25.5 Å². The van der Waals surface area contributed by atoms with Gasteiger partial charge in [-0.05, 0) is 31.2 Å². The van der Waals surface area contributed by atoms with Crippen LogP contribution in [0.3, 0.4) is 0 Å². The number of nitrogens with one attached hydrogen (secondary N) is 2. The Balaban J connectivity index is 2.24. The maximum absolute atomic E-state index is 13.0. The molecule has 1 amide bonds. The smallest absolute Gasteiger partial charge is 0.418 e. The largest absolute Gasteiger partial charge is 0.497 e. The fourth-order valence-corrected chi connectivity index (χ4v) is 2.11. The van der Waals surface area contributed by atoms with Crippen molar-refractivity contribution in [3.05, 3.63) is 23.8 Å².